The Hall–Kier alpha value is -0.930. The van der Waals surface area contributed by atoms with Gasteiger partial charge in [-0.25, -0.2) is 0 Å². The molecule has 0 aliphatic rings. The van der Waals surface area contributed by atoms with Crippen molar-refractivity contribution in [1.29, 1.82) is 0 Å². The van der Waals surface area contributed by atoms with Crippen molar-refractivity contribution in [2.75, 3.05) is 12.0 Å². The average molecular weight is 262 g/mol. The smallest absolute Gasteiger partial charge is 0.0481 e. The largest absolute Gasteiger partial charge is 0.350 e. The molecule has 0 saturated carbocycles. The van der Waals surface area contributed by atoms with E-state index >= 15 is 0 Å². The van der Waals surface area contributed by atoms with Gasteiger partial charge in [0.2, 0.25) is 0 Å². The van der Waals surface area contributed by atoms with Crippen LogP contribution in [0.3, 0.4) is 0 Å². The molecule has 0 radical (unpaired) electrons. The standard InChI is InChI=1S/C15H22N2S/c1-12(8-9-18-3)16-10-13-11-17(2)15-7-5-4-6-14(13)15/h4-7,11-12,16H,8-10H2,1-3H3. The summed E-state index contributed by atoms with van der Waals surface area (Å²) in [6, 6.07) is 9.18. The number of aromatic nitrogens is 1. The van der Waals surface area contributed by atoms with Crippen LogP contribution in [0, 0.1) is 0 Å². The number of nitrogens with zero attached hydrogens (tertiary/aromatic N) is 1. The number of hydrogen-bond acceptors (Lipinski definition) is 2. The summed E-state index contributed by atoms with van der Waals surface area (Å²) in [4.78, 5) is 0. The van der Waals surface area contributed by atoms with Crippen molar-refractivity contribution >= 4 is 22.7 Å². The van der Waals surface area contributed by atoms with Crippen LogP contribution in [0.4, 0.5) is 0 Å². The third-order valence-electron chi connectivity index (χ3n) is 3.38. The van der Waals surface area contributed by atoms with Gasteiger partial charge in [-0.2, -0.15) is 11.8 Å². The molecule has 0 amide bonds. The first-order chi connectivity index (χ1) is 8.72. The van der Waals surface area contributed by atoms with E-state index in [9.17, 15) is 0 Å². The Kier molecular flexibility index (Phi) is 4.72. The molecule has 3 heteroatoms. The zero-order valence-electron chi connectivity index (χ0n) is 11.4. The minimum atomic E-state index is 0.580. The van der Waals surface area contributed by atoms with Crippen molar-refractivity contribution in [1.82, 2.24) is 9.88 Å². The number of para-hydroxylation sites is 1. The predicted octanol–water partition coefficient (Wildman–Crippen LogP) is 3.41. The lowest BCUT2D eigenvalue weighted by Crippen LogP contribution is -2.25. The second-order valence-corrected chi connectivity index (χ2v) is 5.83. The van der Waals surface area contributed by atoms with Gasteiger partial charge >= 0.3 is 0 Å². The second-order valence-electron chi connectivity index (χ2n) is 4.85. The highest BCUT2D eigenvalue weighted by atomic mass is 32.2. The zero-order valence-corrected chi connectivity index (χ0v) is 12.3. The number of fused-ring (bicyclic) bond motifs is 1. The fourth-order valence-corrected chi connectivity index (χ4v) is 2.84. The van der Waals surface area contributed by atoms with Crippen LogP contribution in [-0.2, 0) is 13.6 Å². The molecule has 2 rings (SSSR count). The number of nitrogens with one attached hydrogen (secondary N) is 1. The number of thioether (sulfide) groups is 1. The van der Waals surface area contributed by atoms with Crippen LogP contribution in [0.1, 0.15) is 18.9 Å². The maximum atomic E-state index is 3.61. The zero-order chi connectivity index (χ0) is 13.0. The fraction of sp³-hybridized carbons (Fsp3) is 0.467. The van der Waals surface area contributed by atoms with Gasteiger partial charge in [0.25, 0.3) is 0 Å². The van der Waals surface area contributed by atoms with Gasteiger partial charge in [-0.05, 0) is 37.0 Å². The first kappa shape index (κ1) is 13.5. The molecule has 0 saturated heterocycles. The van der Waals surface area contributed by atoms with E-state index < -0.39 is 0 Å². The monoisotopic (exact) mass is 262 g/mol. The summed E-state index contributed by atoms with van der Waals surface area (Å²) in [5.41, 5.74) is 2.70. The SMILES string of the molecule is CSCCC(C)NCc1cn(C)c2ccccc12. The Morgan fingerprint density at radius 1 is 1.33 bits per heavy atom. The van der Waals surface area contributed by atoms with Gasteiger partial charge < -0.3 is 9.88 Å². The maximum Gasteiger partial charge on any atom is 0.0481 e. The Morgan fingerprint density at radius 3 is 2.89 bits per heavy atom. The Morgan fingerprint density at radius 2 is 2.11 bits per heavy atom. The Labute approximate surface area is 114 Å². The molecule has 2 nitrogen and oxygen atoms in total. The quantitative estimate of drug-likeness (QED) is 0.859. The number of hydrogen-bond donors (Lipinski definition) is 1. The molecule has 0 spiro atoms. The lowest BCUT2D eigenvalue weighted by atomic mass is 10.1. The van der Waals surface area contributed by atoms with E-state index in [-0.39, 0.29) is 0 Å². The first-order valence-electron chi connectivity index (χ1n) is 6.47. The number of benzene rings is 1. The molecule has 1 N–H and O–H groups in total. The molecule has 98 valence electrons. The van der Waals surface area contributed by atoms with Crippen LogP contribution in [0.15, 0.2) is 30.5 Å². The maximum absolute atomic E-state index is 3.61. The molecule has 1 unspecified atom stereocenters. The van der Waals surface area contributed by atoms with Crippen molar-refractivity contribution in [2.45, 2.75) is 25.9 Å². The molecule has 2 aromatic rings. The topological polar surface area (TPSA) is 17.0 Å². The van der Waals surface area contributed by atoms with Crippen LogP contribution in [0.25, 0.3) is 10.9 Å². The molecule has 1 heterocycles. The van der Waals surface area contributed by atoms with Crippen LogP contribution in [-0.4, -0.2) is 22.6 Å². The summed E-state index contributed by atoms with van der Waals surface area (Å²) in [6.07, 6.45) is 5.63. The Balaban J connectivity index is 2.03. The van der Waals surface area contributed by atoms with Gasteiger partial charge in [0.05, 0.1) is 0 Å². The normalized spacial score (nSPS) is 13.1. The van der Waals surface area contributed by atoms with Crippen molar-refractivity contribution in [3.63, 3.8) is 0 Å². The molecule has 1 atom stereocenters. The van der Waals surface area contributed by atoms with E-state index in [4.69, 9.17) is 0 Å². The van der Waals surface area contributed by atoms with E-state index in [1.54, 1.807) is 0 Å². The second kappa shape index (κ2) is 6.30. The van der Waals surface area contributed by atoms with Crippen molar-refractivity contribution in [3.8, 4) is 0 Å². The van der Waals surface area contributed by atoms with Gasteiger partial charge in [0.1, 0.15) is 0 Å². The average Bonchev–Trinajstić information content (AvgIpc) is 2.71. The summed E-state index contributed by atoms with van der Waals surface area (Å²) in [6.45, 7) is 3.22. The first-order valence-corrected chi connectivity index (χ1v) is 7.87. The highest BCUT2D eigenvalue weighted by molar-refractivity contribution is 7.98. The fourth-order valence-electron chi connectivity index (χ4n) is 2.25. The van der Waals surface area contributed by atoms with Gasteiger partial charge in [0.15, 0.2) is 0 Å². The van der Waals surface area contributed by atoms with E-state index in [0.29, 0.717) is 6.04 Å². The number of rotatable bonds is 6. The van der Waals surface area contributed by atoms with E-state index in [1.165, 1.54) is 28.6 Å². The molecule has 0 bridgehead atoms. The summed E-state index contributed by atoms with van der Waals surface area (Å²) in [5, 5.41) is 4.98. The lowest BCUT2D eigenvalue weighted by molar-refractivity contribution is 0.538. The third-order valence-corrected chi connectivity index (χ3v) is 4.02. The molecule has 18 heavy (non-hydrogen) atoms. The summed E-state index contributed by atoms with van der Waals surface area (Å²) >= 11 is 1.91. The third kappa shape index (κ3) is 3.09. The Bertz CT molecular complexity index is 504. The van der Waals surface area contributed by atoms with E-state index in [2.05, 4.69) is 60.6 Å². The minimum absolute atomic E-state index is 0.580. The van der Waals surface area contributed by atoms with Crippen molar-refractivity contribution < 1.29 is 0 Å². The van der Waals surface area contributed by atoms with Gasteiger partial charge in [-0.1, -0.05) is 18.2 Å². The molecule has 0 aliphatic heterocycles. The molecule has 1 aromatic carbocycles. The molecule has 0 fully saturated rings. The van der Waals surface area contributed by atoms with Crippen LogP contribution < -0.4 is 5.32 Å². The van der Waals surface area contributed by atoms with Gasteiger partial charge in [-0.3, -0.25) is 0 Å². The highest BCUT2D eigenvalue weighted by Gasteiger charge is 2.07. The number of aryl methyl sites for hydroxylation is 1. The van der Waals surface area contributed by atoms with Gasteiger partial charge in [0, 0.05) is 36.7 Å². The highest BCUT2D eigenvalue weighted by Crippen LogP contribution is 2.20. The summed E-state index contributed by atoms with van der Waals surface area (Å²) in [7, 11) is 2.11. The van der Waals surface area contributed by atoms with Crippen molar-refractivity contribution in [3.05, 3.63) is 36.0 Å². The lowest BCUT2D eigenvalue weighted by Gasteiger charge is -2.12. The molecule has 0 aliphatic carbocycles. The molecular weight excluding hydrogens is 240 g/mol. The summed E-state index contributed by atoms with van der Waals surface area (Å²) in [5.74, 6) is 1.23. The molecule has 1 aromatic heterocycles. The van der Waals surface area contributed by atoms with E-state index in [0.717, 1.165) is 6.54 Å². The van der Waals surface area contributed by atoms with E-state index in [1.807, 2.05) is 11.8 Å². The summed E-state index contributed by atoms with van der Waals surface area (Å²) < 4.78 is 2.21. The van der Waals surface area contributed by atoms with Crippen LogP contribution in [0.2, 0.25) is 0 Å². The van der Waals surface area contributed by atoms with Crippen molar-refractivity contribution in [2.24, 2.45) is 7.05 Å². The predicted molar refractivity (Wildman–Crippen MR) is 82.2 cm³/mol. The van der Waals surface area contributed by atoms with Crippen LogP contribution >= 0.6 is 11.8 Å². The minimum Gasteiger partial charge on any atom is -0.350 e. The van der Waals surface area contributed by atoms with Gasteiger partial charge in [-0.15, -0.1) is 0 Å². The molecular formula is C15H22N2S. The van der Waals surface area contributed by atoms with Crippen LogP contribution in [0.5, 0.6) is 0 Å².